The van der Waals surface area contributed by atoms with Crippen LogP contribution in [0.4, 0.5) is 0 Å². The molecule has 0 bridgehead atoms. The quantitative estimate of drug-likeness (QED) is 0.639. The number of methoxy groups -OCH3 is 3. The number of allylic oxidation sites excluding steroid dienone is 1. The molecule has 2 rings (SSSR count). The van der Waals surface area contributed by atoms with Gasteiger partial charge in [-0.2, -0.15) is 0 Å². The van der Waals surface area contributed by atoms with E-state index in [-0.39, 0.29) is 6.61 Å². The summed E-state index contributed by atoms with van der Waals surface area (Å²) >= 11 is 0. The number of H-pyrrole nitrogens is 1. The smallest absolute Gasteiger partial charge is 0.355 e. The molecule has 0 fully saturated rings. The highest BCUT2D eigenvalue weighted by atomic mass is 16.5. The van der Waals surface area contributed by atoms with Crippen molar-refractivity contribution in [2.75, 3.05) is 34.5 Å². The van der Waals surface area contributed by atoms with Gasteiger partial charge in [-0.05, 0) is 38.1 Å². The summed E-state index contributed by atoms with van der Waals surface area (Å²) in [5.74, 6) is 1.07. The van der Waals surface area contributed by atoms with E-state index >= 15 is 0 Å². The van der Waals surface area contributed by atoms with E-state index in [0.29, 0.717) is 41.5 Å². The lowest BCUT2D eigenvalue weighted by Crippen LogP contribution is -2.08. The number of aromatic nitrogens is 1. The topological polar surface area (TPSA) is 95.8 Å². The fourth-order valence-electron chi connectivity index (χ4n) is 3.26. The van der Waals surface area contributed by atoms with Crippen LogP contribution >= 0.6 is 0 Å². The van der Waals surface area contributed by atoms with E-state index in [1.165, 1.54) is 0 Å². The number of rotatable bonds is 9. The predicted octanol–water partition coefficient (Wildman–Crippen LogP) is 3.42. The molecule has 28 heavy (non-hydrogen) atoms. The van der Waals surface area contributed by atoms with E-state index in [9.17, 15) is 4.79 Å². The maximum atomic E-state index is 12.5. The van der Waals surface area contributed by atoms with Crippen molar-refractivity contribution in [2.45, 2.75) is 20.3 Å². The zero-order chi connectivity index (χ0) is 20.8. The van der Waals surface area contributed by atoms with E-state index in [2.05, 4.69) is 11.6 Å². The SMILES string of the molecule is C=C(C)c1c(C(=O)OCC)[nH]c(CCN)c1-c1ccc(OC)c(OC)c1OC. The van der Waals surface area contributed by atoms with Gasteiger partial charge in [0.15, 0.2) is 11.5 Å². The van der Waals surface area contributed by atoms with Crippen LogP contribution < -0.4 is 19.9 Å². The molecule has 0 unspecified atom stereocenters. The molecular formula is C21H28N2O5. The molecule has 0 amide bonds. The second kappa shape index (κ2) is 9.32. The molecule has 0 aliphatic carbocycles. The van der Waals surface area contributed by atoms with Gasteiger partial charge in [0.05, 0.1) is 27.9 Å². The molecule has 7 heteroatoms. The Morgan fingerprint density at radius 2 is 1.82 bits per heavy atom. The Balaban J connectivity index is 2.87. The average molecular weight is 388 g/mol. The molecule has 1 aromatic carbocycles. The zero-order valence-electron chi connectivity index (χ0n) is 17.1. The molecule has 1 aromatic heterocycles. The highest BCUT2D eigenvalue weighted by Gasteiger charge is 2.28. The molecule has 7 nitrogen and oxygen atoms in total. The summed E-state index contributed by atoms with van der Waals surface area (Å²) < 4.78 is 21.8. The second-order valence-electron chi connectivity index (χ2n) is 6.15. The standard InChI is InChI=1S/C21H28N2O5/c1-7-28-21(24)18-16(12(2)3)17(14(23-18)10-11-22)13-8-9-15(25-4)20(27-6)19(13)26-5/h8-9,23H,2,7,10-11,22H2,1,3-6H3. The first-order valence-corrected chi connectivity index (χ1v) is 9.02. The third-order valence-electron chi connectivity index (χ3n) is 4.35. The number of nitrogens with one attached hydrogen (secondary N) is 1. The van der Waals surface area contributed by atoms with Gasteiger partial charge in [-0.3, -0.25) is 0 Å². The largest absolute Gasteiger partial charge is 0.493 e. The maximum absolute atomic E-state index is 12.5. The van der Waals surface area contributed by atoms with Gasteiger partial charge in [-0.25, -0.2) is 4.79 Å². The van der Waals surface area contributed by atoms with E-state index in [4.69, 9.17) is 24.7 Å². The van der Waals surface area contributed by atoms with Crippen molar-refractivity contribution < 1.29 is 23.7 Å². The lowest BCUT2D eigenvalue weighted by Gasteiger charge is -2.17. The van der Waals surface area contributed by atoms with Gasteiger partial charge in [0.1, 0.15) is 5.69 Å². The van der Waals surface area contributed by atoms with Crippen molar-refractivity contribution in [1.29, 1.82) is 0 Å². The van der Waals surface area contributed by atoms with Gasteiger partial charge in [-0.15, -0.1) is 0 Å². The van der Waals surface area contributed by atoms with Crippen LogP contribution in [0.2, 0.25) is 0 Å². The predicted molar refractivity (Wildman–Crippen MR) is 109 cm³/mol. The molecule has 2 aromatic rings. The molecule has 152 valence electrons. The third-order valence-corrected chi connectivity index (χ3v) is 4.35. The Labute approximate surface area is 165 Å². The van der Waals surface area contributed by atoms with E-state index < -0.39 is 5.97 Å². The summed E-state index contributed by atoms with van der Waals surface area (Å²) in [4.78, 5) is 15.7. The molecule has 0 saturated carbocycles. The zero-order valence-corrected chi connectivity index (χ0v) is 17.1. The maximum Gasteiger partial charge on any atom is 0.355 e. The Kier molecular flexibility index (Phi) is 7.12. The summed E-state index contributed by atoms with van der Waals surface area (Å²) in [7, 11) is 4.67. The Bertz CT molecular complexity index is 870. The minimum Gasteiger partial charge on any atom is -0.493 e. The number of aromatic amines is 1. The average Bonchev–Trinajstić information content (AvgIpc) is 3.06. The van der Waals surface area contributed by atoms with Crippen LogP contribution in [0.1, 0.15) is 35.6 Å². The number of carbonyl (C=O) groups is 1. The fraction of sp³-hybridized carbons (Fsp3) is 0.381. The summed E-state index contributed by atoms with van der Waals surface area (Å²) in [5.41, 5.74) is 9.89. The molecular weight excluding hydrogens is 360 g/mol. The van der Waals surface area contributed by atoms with Crippen molar-refractivity contribution in [1.82, 2.24) is 4.98 Å². The van der Waals surface area contributed by atoms with Crippen molar-refractivity contribution in [3.8, 4) is 28.4 Å². The number of nitrogens with two attached hydrogens (primary N) is 1. The number of esters is 1. The van der Waals surface area contributed by atoms with Crippen molar-refractivity contribution in [2.24, 2.45) is 5.73 Å². The number of benzene rings is 1. The first-order chi connectivity index (χ1) is 13.4. The van der Waals surface area contributed by atoms with Crippen molar-refractivity contribution in [3.63, 3.8) is 0 Å². The summed E-state index contributed by atoms with van der Waals surface area (Å²) in [6, 6.07) is 3.66. The number of hydrogen-bond donors (Lipinski definition) is 2. The molecule has 0 spiro atoms. The van der Waals surface area contributed by atoms with Crippen LogP contribution in [-0.2, 0) is 11.2 Å². The lowest BCUT2D eigenvalue weighted by atomic mass is 9.94. The number of carbonyl (C=O) groups excluding carboxylic acids is 1. The first-order valence-electron chi connectivity index (χ1n) is 9.02. The molecule has 3 N–H and O–H groups in total. The van der Waals surface area contributed by atoms with Crippen molar-refractivity contribution >= 4 is 11.5 Å². The molecule has 1 heterocycles. The highest BCUT2D eigenvalue weighted by Crippen LogP contribution is 2.47. The van der Waals surface area contributed by atoms with Crippen LogP contribution in [0.15, 0.2) is 18.7 Å². The third kappa shape index (κ3) is 3.84. The first kappa shape index (κ1) is 21.4. The Morgan fingerprint density at radius 1 is 1.14 bits per heavy atom. The summed E-state index contributed by atoms with van der Waals surface area (Å²) in [6.45, 7) is 8.35. The number of ether oxygens (including phenoxy) is 4. The van der Waals surface area contributed by atoms with Gasteiger partial charge in [0.2, 0.25) is 5.75 Å². The molecule has 0 radical (unpaired) electrons. The van der Waals surface area contributed by atoms with Gasteiger partial charge in [0, 0.05) is 28.8 Å². The van der Waals surface area contributed by atoms with Gasteiger partial charge in [-0.1, -0.05) is 6.58 Å². The van der Waals surface area contributed by atoms with Gasteiger partial charge >= 0.3 is 5.97 Å². The van der Waals surface area contributed by atoms with E-state index in [1.807, 2.05) is 13.0 Å². The van der Waals surface area contributed by atoms with E-state index in [0.717, 1.165) is 22.4 Å². The minimum absolute atomic E-state index is 0.273. The summed E-state index contributed by atoms with van der Waals surface area (Å²) in [6.07, 6.45) is 0.534. The normalized spacial score (nSPS) is 10.5. The van der Waals surface area contributed by atoms with E-state index in [1.54, 1.807) is 34.3 Å². The fourth-order valence-corrected chi connectivity index (χ4v) is 3.26. The van der Waals surface area contributed by atoms with Crippen LogP contribution in [0.25, 0.3) is 16.7 Å². The van der Waals surface area contributed by atoms with Gasteiger partial charge < -0.3 is 29.7 Å². The van der Waals surface area contributed by atoms with Crippen LogP contribution in [0.3, 0.4) is 0 Å². The molecule has 0 atom stereocenters. The highest BCUT2D eigenvalue weighted by molar-refractivity contribution is 6.00. The van der Waals surface area contributed by atoms with Crippen molar-refractivity contribution in [3.05, 3.63) is 35.7 Å². The molecule has 0 aliphatic rings. The number of hydrogen-bond acceptors (Lipinski definition) is 6. The molecule has 0 aliphatic heterocycles. The van der Waals surface area contributed by atoms with Crippen LogP contribution in [0.5, 0.6) is 17.2 Å². The second-order valence-corrected chi connectivity index (χ2v) is 6.15. The minimum atomic E-state index is -0.440. The Hall–Kier alpha value is -2.93. The lowest BCUT2D eigenvalue weighted by molar-refractivity contribution is 0.0519. The molecule has 0 saturated heterocycles. The van der Waals surface area contributed by atoms with Gasteiger partial charge in [0.25, 0.3) is 0 Å². The van der Waals surface area contributed by atoms with Crippen LogP contribution in [0, 0.1) is 0 Å². The monoisotopic (exact) mass is 388 g/mol. The summed E-state index contributed by atoms with van der Waals surface area (Å²) in [5, 5.41) is 0. The Morgan fingerprint density at radius 3 is 2.32 bits per heavy atom. The van der Waals surface area contributed by atoms with Crippen LogP contribution in [-0.4, -0.2) is 45.4 Å².